The minimum absolute atomic E-state index is 0.163. The van der Waals surface area contributed by atoms with Crippen LogP contribution in [0.1, 0.15) is 17.5 Å². The molecule has 0 aliphatic carbocycles. The highest BCUT2D eigenvalue weighted by Gasteiger charge is 2.07. The lowest BCUT2D eigenvalue weighted by Gasteiger charge is -1.99. The molecule has 0 saturated heterocycles. The third-order valence-electron chi connectivity index (χ3n) is 1.85. The van der Waals surface area contributed by atoms with Crippen LogP contribution < -0.4 is 4.57 Å². The Morgan fingerprint density at radius 1 is 1.57 bits per heavy atom. The molecule has 0 saturated carbocycles. The molecular formula is C10H13BrNO2+. The average Bonchev–Trinajstić information content (AvgIpc) is 2.14. The Morgan fingerprint density at radius 2 is 2.29 bits per heavy atom. The van der Waals surface area contributed by atoms with E-state index in [1.54, 1.807) is 0 Å². The zero-order valence-electron chi connectivity index (χ0n) is 8.03. The Hall–Kier alpha value is -0.900. The number of rotatable bonds is 4. The molecule has 1 aromatic heterocycles. The Morgan fingerprint density at radius 3 is 2.86 bits per heavy atom. The van der Waals surface area contributed by atoms with Crippen LogP contribution in [0.5, 0.6) is 0 Å². The van der Waals surface area contributed by atoms with Gasteiger partial charge in [0, 0.05) is 16.5 Å². The SMILES string of the molecule is Cc1cc(CBr)c[n+](CCC(=O)O)c1. The molecule has 0 spiro atoms. The van der Waals surface area contributed by atoms with Crippen molar-refractivity contribution in [2.75, 3.05) is 0 Å². The van der Waals surface area contributed by atoms with E-state index in [1.165, 1.54) is 0 Å². The van der Waals surface area contributed by atoms with E-state index in [0.29, 0.717) is 6.54 Å². The number of carboxylic acid groups (broad SMARTS) is 1. The number of aromatic nitrogens is 1. The molecular weight excluding hydrogens is 246 g/mol. The van der Waals surface area contributed by atoms with Gasteiger partial charge >= 0.3 is 5.97 Å². The van der Waals surface area contributed by atoms with Crippen LogP contribution in [0.25, 0.3) is 0 Å². The summed E-state index contributed by atoms with van der Waals surface area (Å²) >= 11 is 3.38. The standard InChI is InChI=1S/C10H12BrNO2/c1-8-4-9(5-11)7-12(6-8)3-2-10(13)14/h4,6-7H,2-3,5H2,1H3/p+1. The molecule has 0 aliphatic rings. The highest BCUT2D eigenvalue weighted by atomic mass is 79.9. The van der Waals surface area contributed by atoms with Crippen molar-refractivity contribution in [3.63, 3.8) is 0 Å². The first-order valence-corrected chi connectivity index (χ1v) is 5.51. The maximum atomic E-state index is 10.4. The van der Waals surface area contributed by atoms with Crippen molar-refractivity contribution < 1.29 is 14.5 Å². The van der Waals surface area contributed by atoms with Crippen LogP contribution in [0.3, 0.4) is 0 Å². The highest BCUT2D eigenvalue weighted by Crippen LogP contribution is 2.04. The summed E-state index contributed by atoms with van der Waals surface area (Å²) < 4.78 is 1.92. The number of carboxylic acids is 1. The van der Waals surface area contributed by atoms with Gasteiger partial charge in [0.05, 0.1) is 0 Å². The monoisotopic (exact) mass is 258 g/mol. The molecule has 0 amide bonds. The van der Waals surface area contributed by atoms with E-state index < -0.39 is 5.97 Å². The summed E-state index contributed by atoms with van der Waals surface area (Å²) in [7, 11) is 0. The van der Waals surface area contributed by atoms with Gasteiger partial charge in [-0.1, -0.05) is 15.9 Å². The quantitative estimate of drug-likeness (QED) is 0.659. The third-order valence-corrected chi connectivity index (χ3v) is 2.50. The Kier molecular flexibility index (Phi) is 4.07. The van der Waals surface area contributed by atoms with Crippen molar-refractivity contribution in [1.29, 1.82) is 0 Å². The summed E-state index contributed by atoms with van der Waals surface area (Å²) in [6.45, 7) is 2.53. The molecule has 14 heavy (non-hydrogen) atoms. The second kappa shape index (κ2) is 5.10. The molecule has 0 radical (unpaired) electrons. The number of alkyl halides is 1. The Balaban J connectivity index is 2.76. The molecule has 0 bridgehead atoms. The average molecular weight is 259 g/mol. The summed E-state index contributed by atoms with van der Waals surface area (Å²) in [6, 6.07) is 2.08. The third kappa shape index (κ3) is 3.46. The zero-order valence-corrected chi connectivity index (χ0v) is 9.62. The number of nitrogens with zero attached hydrogens (tertiary/aromatic N) is 1. The van der Waals surface area contributed by atoms with Gasteiger partial charge in [0.1, 0.15) is 6.42 Å². The molecule has 4 heteroatoms. The number of hydrogen-bond acceptors (Lipinski definition) is 1. The van der Waals surface area contributed by atoms with E-state index in [4.69, 9.17) is 5.11 Å². The zero-order chi connectivity index (χ0) is 10.6. The van der Waals surface area contributed by atoms with Gasteiger partial charge in [-0.2, -0.15) is 0 Å². The fraction of sp³-hybridized carbons (Fsp3) is 0.400. The summed E-state index contributed by atoms with van der Waals surface area (Å²) in [5.74, 6) is -0.764. The van der Waals surface area contributed by atoms with Crippen molar-refractivity contribution in [1.82, 2.24) is 0 Å². The first-order chi connectivity index (χ1) is 6.61. The minimum Gasteiger partial charge on any atom is -0.481 e. The van der Waals surface area contributed by atoms with Crippen molar-refractivity contribution in [3.05, 3.63) is 29.6 Å². The number of carbonyl (C=O) groups is 1. The summed E-state index contributed by atoms with van der Waals surface area (Å²) in [5.41, 5.74) is 2.31. The molecule has 3 nitrogen and oxygen atoms in total. The molecule has 1 N–H and O–H groups in total. The fourth-order valence-electron chi connectivity index (χ4n) is 1.31. The predicted octanol–water partition coefficient (Wildman–Crippen LogP) is 1.65. The van der Waals surface area contributed by atoms with Gasteiger partial charge in [0.2, 0.25) is 0 Å². The van der Waals surface area contributed by atoms with Crippen LogP contribution in [0.15, 0.2) is 18.5 Å². The molecule has 1 heterocycles. The lowest BCUT2D eigenvalue weighted by atomic mass is 10.2. The van der Waals surface area contributed by atoms with Gasteiger partial charge in [-0.05, 0) is 13.0 Å². The van der Waals surface area contributed by atoms with Gasteiger partial charge < -0.3 is 5.11 Å². The molecule has 76 valence electrons. The largest absolute Gasteiger partial charge is 0.481 e. The van der Waals surface area contributed by atoms with Crippen LogP contribution in [-0.2, 0) is 16.7 Å². The normalized spacial score (nSPS) is 10.1. The van der Waals surface area contributed by atoms with E-state index in [1.807, 2.05) is 23.9 Å². The Labute approximate surface area is 91.5 Å². The predicted molar refractivity (Wildman–Crippen MR) is 56.3 cm³/mol. The highest BCUT2D eigenvalue weighted by molar-refractivity contribution is 9.08. The molecule has 0 fully saturated rings. The second-order valence-electron chi connectivity index (χ2n) is 3.24. The molecule has 0 aliphatic heterocycles. The number of pyridine rings is 1. The lowest BCUT2D eigenvalue weighted by molar-refractivity contribution is -0.696. The number of aryl methyl sites for hydroxylation is 2. The van der Waals surface area contributed by atoms with E-state index in [2.05, 4.69) is 22.0 Å². The summed E-state index contributed by atoms with van der Waals surface area (Å²) in [5, 5.41) is 9.34. The minimum atomic E-state index is -0.764. The second-order valence-corrected chi connectivity index (χ2v) is 3.80. The molecule has 1 aromatic rings. The first-order valence-electron chi connectivity index (χ1n) is 4.39. The van der Waals surface area contributed by atoms with Crippen molar-refractivity contribution in [2.45, 2.75) is 25.2 Å². The number of halogens is 1. The van der Waals surface area contributed by atoms with Gasteiger partial charge in [0.15, 0.2) is 18.9 Å². The fourth-order valence-corrected chi connectivity index (χ4v) is 1.61. The van der Waals surface area contributed by atoms with Crippen LogP contribution in [0.4, 0.5) is 0 Å². The van der Waals surface area contributed by atoms with Gasteiger partial charge in [-0.15, -0.1) is 0 Å². The first kappa shape index (κ1) is 11.2. The van der Waals surface area contributed by atoms with Crippen molar-refractivity contribution in [3.8, 4) is 0 Å². The van der Waals surface area contributed by atoms with Crippen LogP contribution in [-0.4, -0.2) is 11.1 Å². The van der Waals surface area contributed by atoms with Crippen molar-refractivity contribution in [2.24, 2.45) is 0 Å². The lowest BCUT2D eigenvalue weighted by Crippen LogP contribution is -2.35. The van der Waals surface area contributed by atoms with E-state index in [-0.39, 0.29) is 6.42 Å². The Bertz CT molecular complexity index is 339. The molecule has 0 aromatic carbocycles. The van der Waals surface area contributed by atoms with E-state index in [9.17, 15) is 4.79 Å². The number of aliphatic carboxylic acids is 1. The van der Waals surface area contributed by atoms with Gasteiger partial charge in [-0.25, -0.2) is 4.57 Å². The van der Waals surface area contributed by atoms with E-state index in [0.717, 1.165) is 16.5 Å². The van der Waals surface area contributed by atoms with E-state index >= 15 is 0 Å². The van der Waals surface area contributed by atoms with Crippen LogP contribution in [0, 0.1) is 6.92 Å². The molecule has 1 rings (SSSR count). The molecule has 0 unspecified atom stereocenters. The van der Waals surface area contributed by atoms with Gasteiger partial charge in [-0.3, -0.25) is 4.79 Å². The van der Waals surface area contributed by atoms with Crippen LogP contribution in [0.2, 0.25) is 0 Å². The topological polar surface area (TPSA) is 41.2 Å². The molecule has 0 atom stereocenters. The van der Waals surface area contributed by atoms with Gasteiger partial charge in [0.25, 0.3) is 0 Å². The van der Waals surface area contributed by atoms with Crippen molar-refractivity contribution >= 4 is 21.9 Å². The maximum absolute atomic E-state index is 10.4. The summed E-state index contributed by atoms with van der Waals surface area (Å²) in [4.78, 5) is 10.4. The smallest absolute Gasteiger partial charge is 0.309 e. The maximum Gasteiger partial charge on any atom is 0.309 e. The number of hydrogen-bond donors (Lipinski definition) is 1. The van der Waals surface area contributed by atoms with Crippen LogP contribution >= 0.6 is 15.9 Å². The summed E-state index contributed by atoms with van der Waals surface area (Å²) in [6.07, 6.45) is 4.08.